The van der Waals surface area contributed by atoms with Gasteiger partial charge >= 0.3 is 5.97 Å². The first kappa shape index (κ1) is 15.7. The van der Waals surface area contributed by atoms with Gasteiger partial charge in [0.1, 0.15) is 0 Å². The van der Waals surface area contributed by atoms with Crippen LogP contribution in [0.1, 0.15) is 58.2 Å². The van der Waals surface area contributed by atoms with Crippen LogP contribution in [0.25, 0.3) is 0 Å². The number of benzene rings is 1. The van der Waals surface area contributed by atoms with E-state index in [1.807, 2.05) is 26.0 Å². The fourth-order valence-corrected chi connectivity index (χ4v) is 2.14. The number of hydrogen-bond acceptors (Lipinski definition) is 2. The third kappa shape index (κ3) is 4.06. The van der Waals surface area contributed by atoms with E-state index in [1.165, 1.54) is 5.56 Å². The summed E-state index contributed by atoms with van der Waals surface area (Å²) in [7, 11) is 0. The molecule has 0 bridgehead atoms. The Labute approximate surface area is 115 Å². The van der Waals surface area contributed by atoms with Crippen molar-refractivity contribution in [3.05, 3.63) is 35.4 Å². The van der Waals surface area contributed by atoms with Gasteiger partial charge in [0.05, 0.1) is 6.42 Å². The molecule has 0 saturated carbocycles. The van der Waals surface area contributed by atoms with E-state index in [1.54, 1.807) is 0 Å². The van der Waals surface area contributed by atoms with Crippen LogP contribution in [0.15, 0.2) is 24.3 Å². The molecule has 0 aromatic heterocycles. The summed E-state index contributed by atoms with van der Waals surface area (Å²) in [5.74, 6) is -0.813. The number of carboxylic acid groups (broad SMARTS) is 1. The van der Waals surface area contributed by atoms with Crippen molar-refractivity contribution in [1.29, 1.82) is 0 Å². The largest absolute Gasteiger partial charge is 0.481 e. The van der Waals surface area contributed by atoms with E-state index in [0.717, 1.165) is 5.56 Å². The van der Waals surface area contributed by atoms with Crippen LogP contribution in [0.3, 0.4) is 0 Å². The minimum Gasteiger partial charge on any atom is -0.481 e. The highest BCUT2D eigenvalue weighted by Crippen LogP contribution is 2.35. The summed E-state index contributed by atoms with van der Waals surface area (Å²) in [5, 5.41) is 8.94. The molecule has 0 radical (unpaired) electrons. The average molecular weight is 263 g/mol. The molecule has 1 atom stereocenters. The van der Waals surface area contributed by atoms with Crippen molar-refractivity contribution in [2.45, 2.75) is 52.5 Å². The zero-order valence-electron chi connectivity index (χ0n) is 12.5. The number of aliphatic carboxylic acids is 1. The molecule has 0 amide bonds. The summed E-state index contributed by atoms with van der Waals surface area (Å²) < 4.78 is 0. The summed E-state index contributed by atoms with van der Waals surface area (Å²) in [6.45, 7) is 10.3. The second-order valence-electron chi connectivity index (χ2n) is 6.91. The van der Waals surface area contributed by atoms with E-state index < -0.39 is 11.4 Å². The first-order valence-electron chi connectivity index (χ1n) is 6.62. The molecule has 3 heteroatoms. The van der Waals surface area contributed by atoms with Crippen molar-refractivity contribution in [2.24, 2.45) is 11.1 Å². The fourth-order valence-electron chi connectivity index (χ4n) is 2.14. The lowest BCUT2D eigenvalue weighted by atomic mass is 9.77. The number of nitrogens with two attached hydrogens (primary N) is 1. The minimum absolute atomic E-state index is 0.0647. The molecule has 3 nitrogen and oxygen atoms in total. The monoisotopic (exact) mass is 263 g/mol. The van der Waals surface area contributed by atoms with Gasteiger partial charge in [0.25, 0.3) is 0 Å². The van der Waals surface area contributed by atoms with Crippen molar-refractivity contribution >= 4 is 5.97 Å². The lowest BCUT2D eigenvalue weighted by Crippen LogP contribution is -2.31. The predicted octanol–water partition coefficient (Wildman–Crippen LogP) is 3.48. The summed E-state index contributed by atoms with van der Waals surface area (Å²) >= 11 is 0. The maximum atomic E-state index is 10.9. The molecule has 0 aliphatic carbocycles. The number of hydrogen-bond donors (Lipinski definition) is 2. The lowest BCUT2D eigenvalue weighted by Gasteiger charge is -2.31. The molecular formula is C16H25NO2. The van der Waals surface area contributed by atoms with Crippen LogP contribution in [-0.2, 0) is 10.2 Å². The van der Waals surface area contributed by atoms with Crippen molar-refractivity contribution in [3.8, 4) is 0 Å². The van der Waals surface area contributed by atoms with Crippen LogP contribution in [-0.4, -0.2) is 11.1 Å². The molecule has 1 rings (SSSR count). The Morgan fingerprint density at radius 3 is 2.00 bits per heavy atom. The highest BCUT2D eigenvalue weighted by Gasteiger charge is 2.30. The SMILES string of the molecule is CC(C)(C)c1ccc(C(N)C(C)(C)CC(=O)O)cc1. The third-order valence-corrected chi connectivity index (χ3v) is 3.58. The smallest absolute Gasteiger partial charge is 0.303 e. The van der Waals surface area contributed by atoms with Gasteiger partial charge in [-0.2, -0.15) is 0 Å². The van der Waals surface area contributed by atoms with Gasteiger partial charge in [-0.15, -0.1) is 0 Å². The second kappa shape index (κ2) is 5.33. The second-order valence-corrected chi connectivity index (χ2v) is 6.91. The zero-order chi connectivity index (χ0) is 14.8. The third-order valence-electron chi connectivity index (χ3n) is 3.58. The standard InChI is InChI=1S/C16H25NO2/c1-15(2,3)12-8-6-11(7-9-12)14(17)16(4,5)10-13(18)19/h6-9,14H,10,17H2,1-5H3,(H,18,19). The number of carbonyl (C=O) groups is 1. The maximum Gasteiger partial charge on any atom is 0.303 e. The molecule has 19 heavy (non-hydrogen) atoms. The molecule has 106 valence electrons. The summed E-state index contributed by atoms with van der Waals surface area (Å²) in [6.07, 6.45) is 0.0647. The van der Waals surface area contributed by atoms with E-state index >= 15 is 0 Å². The summed E-state index contributed by atoms with van der Waals surface area (Å²) in [5.41, 5.74) is 8.10. The molecule has 0 aliphatic rings. The van der Waals surface area contributed by atoms with Gasteiger partial charge in [-0.3, -0.25) is 4.79 Å². The van der Waals surface area contributed by atoms with E-state index in [4.69, 9.17) is 10.8 Å². The fraction of sp³-hybridized carbons (Fsp3) is 0.562. The van der Waals surface area contributed by atoms with Gasteiger partial charge in [0, 0.05) is 6.04 Å². The molecule has 3 N–H and O–H groups in total. The Bertz CT molecular complexity index is 441. The van der Waals surface area contributed by atoms with Gasteiger partial charge in [-0.05, 0) is 22.0 Å². The molecule has 1 unspecified atom stereocenters. The van der Waals surface area contributed by atoms with Crippen LogP contribution >= 0.6 is 0 Å². The average Bonchev–Trinajstić information content (AvgIpc) is 2.25. The molecule has 0 aliphatic heterocycles. The zero-order valence-corrected chi connectivity index (χ0v) is 12.5. The van der Waals surface area contributed by atoms with Crippen molar-refractivity contribution in [3.63, 3.8) is 0 Å². The first-order chi connectivity index (χ1) is 8.54. The maximum absolute atomic E-state index is 10.9. The summed E-state index contributed by atoms with van der Waals surface area (Å²) in [6, 6.07) is 7.89. The van der Waals surface area contributed by atoms with E-state index in [2.05, 4.69) is 32.9 Å². The van der Waals surface area contributed by atoms with Crippen LogP contribution in [0.5, 0.6) is 0 Å². The molecular weight excluding hydrogens is 238 g/mol. The van der Waals surface area contributed by atoms with Gasteiger partial charge in [-0.1, -0.05) is 58.9 Å². The van der Waals surface area contributed by atoms with E-state index in [-0.39, 0.29) is 17.9 Å². The van der Waals surface area contributed by atoms with Gasteiger partial charge < -0.3 is 10.8 Å². The van der Waals surface area contributed by atoms with Crippen LogP contribution in [0.2, 0.25) is 0 Å². The lowest BCUT2D eigenvalue weighted by molar-refractivity contribution is -0.139. The van der Waals surface area contributed by atoms with Crippen LogP contribution in [0, 0.1) is 5.41 Å². The molecule has 0 fully saturated rings. The number of rotatable bonds is 4. The highest BCUT2D eigenvalue weighted by molar-refractivity contribution is 5.67. The Morgan fingerprint density at radius 2 is 1.63 bits per heavy atom. The highest BCUT2D eigenvalue weighted by atomic mass is 16.4. The normalized spacial score (nSPS) is 14.2. The van der Waals surface area contributed by atoms with Crippen molar-refractivity contribution in [1.82, 2.24) is 0 Å². The van der Waals surface area contributed by atoms with Crippen molar-refractivity contribution < 1.29 is 9.90 Å². The summed E-state index contributed by atoms with van der Waals surface area (Å²) in [4.78, 5) is 10.9. The quantitative estimate of drug-likeness (QED) is 0.874. The first-order valence-corrected chi connectivity index (χ1v) is 6.62. The molecule has 0 heterocycles. The number of carboxylic acids is 1. The van der Waals surface area contributed by atoms with Gasteiger partial charge in [0.2, 0.25) is 0 Å². The Hall–Kier alpha value is -1.35. The molecule has 1 aromatic carbocycles. The molecule has 1 aromatic rings. The van der Waals surface area contributed by atoms with E-state index in [9.17, 15) is 4.79 Å². The Morgan fingerprint density at radius 1 is 1.16 bits per heavy atom. The predicted molar refractivity (Wildman–Crippen MR) is 78.1 cm³/mol. The van der Waals surface area contributed by atoms with Gasteiger partial charge in [0.15, 0.2) is 0 Å². The Kier molecular flexibility index (Phi) is 4.41. The Balaban J connectivity index is 2.95. The molecule has 0 saturated heterocycles. The van der Waals surface area contributed by atoms with E-state index in [0.29, 0.717) is 0 Å². The minimum atomic E-state index is -0.813. The topological polar surface area (TPSA) is 63.3 Å². The van der Waals surface area contributed by atoms with Crippen molar-refractivity contribution in [2.75, 3.05) is 0 Å². The van der Waals surface area contributed by atoms with Crippen LogP contribution < -0.4 is 5.73 Å². The molecule has 0 spiro atoms. The van der Waals surface area contributed by atoms with Gasteiger partial charge in [-0.25, -0.2) is 0 Å². The van der Waals surface area contributed by atoms with Crippen LogP contribution in [0.4, 0.5) is 0 Å².